The summed E-state index contributed by atoms with van der Waals surface area (Å²) in [6, 6.07) is 11.6. The van der Waals surface area contributed by atoms with Gasteiger partial charge in [0.2, 0.25) is 0 Å². The Kier molecular flexibility index (Phi) is 9.75. The molecule has 3 N–H and O–H groups in total. The van der Waals surface area contributed by atoms with E-state index in [2.05, 4.69) is 69.3 Å². The Morgan fingerprint density at radius 2 is 1.60 bits per heavy atom. The van der Waals surface area contributed by atoms with E-state index in [-0.39, 0.29) is 5.97 Å². The number of fused-ring (bicyclic) bond motifs is 1. The van der Waals surface area contributed by atoms with E-state index in [1.807, 2.05) is 62.0 Å². The van der Waals surface area contributed by atoms with Crippen molar-refractivity contribution in [3.8, 4) is 0 Å². The molecule has 0 saturated heterocycles. The lowest BCUT2D eigenvalue weighted by Gasteiger charge is -2.42. The number of aromatic amines is 1. The number of hydrogen-bond donors (Lipinski definition) is 3. The molecule has 4 aromatic rings. The van der Waals surface area contributed by atoms with Gasteiger partial charge in [0.15, 0.2) is 8.32 Å². The Morgan fingerprint density at radius 1 is 0.920 bits per heavy atom. The zero-order valence-corrected chi connectivity index (χ0v) is 32.0. The molecule has 2 aliphatic rings. The van der Waals surface area contributed by atoms with Crippen molar-refractivity contribution in [2.45, 2.75) is 117 Å². The normalized spacial score (nSPS) is 17.2. The Balaban J connectivity index is 1.28. The van der Waals surface area contributed by atoms with E-state index >= 15 is 0 Å². The van der Waals surface area contributed by atoms with Crippen LogP contribution in [0.3, 0.4) is 0 Å². The van der Waals surface area contributed by atoms with Crippen LogP contribution < -0.4 is 10.6 Å². The molecule has 4 heterocycles. The maximum atomic E-state index is 13.5. The van der Waals surface area contributed by atoms with Crippen molar-refractivity contribution in [1.29, 1.82) is 0 Å². The average Bonchev–Trinajstić information content (AvgIpc) is 3.68. The Hall–Kier alpha value is -3.99. The Labute approximate surface area is 296 Å². The predicted octanol–water partition coefficient (Wildman–Crippen LogP) is 7.63. The number of imide groups is 1. The van der Waals surface area contributed by atoms with Crippen molar-refractivity contribution in [1.82, 2.24) is 20.2 Å². The quantitative estimate of drug-likeness (QED) is 0.0643. The number of rotatable bonds is 11. The van der Waals surface area contributed by atoms with Gasteiger partial charge in [-0.05, 0) is 79.1 Å². The molecule has 0 aliphatic carbocycles. The zero-order valence-electron chi connectivity index (χ0n) is 31.0. The first kappa shape index (κ1) is 35.8. The molecule has 266 valence electrons. The predicted molar refractivity (Wildman–Crippen MR) is 202 cm³/mol. The largest absolute Gasteiger partial charge is 0.459 e. The number of benzene rings is 2. The number of nitrogens with one attached hydrogen (secondary N) is 3. The third-order valence-electron chi connectivity index (χ3n) is 10.5. The fourth-order valence-corrected chi connectivity index (χ4v) is 14.0. The smallest absolute Gasteiger partial charge is 0.325 e. The van der Waals surface area contributed by atoms with Crippen molar-refractivity contribution >= 4 is 59.1 Å². The van der Waals surface area contributed by atoms with Gasteiger partial charge in [-0.25, -0.2) is 0 Å². The number of aromatic nitrogens is 2. The number of amides is 2. The molecule has 6 rings (SSSR count). The van der Waals surface area contributed by atoms with Gasteiger partial charge in [-0.15, -0.1) is 0 Å². The van der Waals surface area contributed by atoms with Crippen molar-refractivity contribution < 1.29 is 23.5 Å². The van der Waals surface area contributed by atoms with E-state index in [9.17, 15) is 14.4 Å². The van der Waals surface area contributed by atoms with Gasteiger partial charge >= 0.3 is 5.97 Å². The lowest BCUT2D eigenvalue weighted by atomic mass is 9.92. The van der Waals surface area contributed by atoms with Gasteiger partial charge in [0.1, 0.15) is 11.6 Å². The summed E-state index contributed by atoms with van der Waals surface area (Å²) < 4.78 is 14.5. The number of esters is 1. The van der Waals surface area contributed by atoms with Crippen LogP contribution in [0, 0.1) is 0 Å². The number of nitrogens with zero attached hydrogens (tertiary/aromatic N) is 1. The van der Waals surface area contributed by atoms with E-state index in [1.165, 1.54) is 5.56 Å². The van der Waals surface area contributed by atoms with Gasteiger partial charge in [-0.3, -0.25) is 25.0 Å². The molecule has 2 aromatic heterocycles. The van der Waals surface area contributed by atoms with E-state index in [1.54, 1.807) is 0 Å². The summed E-state index contributed by atoms with van der Waals surface area (Å²) in [6.07, 6.45) is 5.60. The number of ether oxygens (including phenoxy) is 1. The van der Waals surface area contributed by atoms with Crippen LogP contribution in [0.1, 0.15) is 91.0 Å². The Bertz CT molecular complexity index is 1970. The molecular weight excluding hydrogens is 645 g/mol. The average molecular weight is 697 g/mol. The molecule has 0 spiro atoms. The van der Waals surface area contributed by atoms with Crippen molar-refractivity contribution in [2.75, 3.05) is 6.61 Å². The standard InChI is InChI=1S/C40H52N4O5Si/c1-23(2)50(24(3)4,25(5)6)48-18-10-11-26-12-14-28-31(21-42-32(28)19-26)35-34(37(45)43-38(35)46)29-15-13-27-20-41-33(39(47)49-40(7,8)9)22-44-17-16-30(29)36(27)44/h12-17,19,21,23-25,33,41-42H,10-11,18,20,22H2,1-9H3,(H,43,45,46). The summed E-state index contributed by atoms with van der Waals surface area (Å²) in [5, 5.41) is 7.65. The molecule has 9 nitrogen and oxygen atoms in total. The lowest BCUT2D eigenvalue weighted by Crippen LogP contribution is -2.48. The van der Waals surface area contributed by atoms with Gasteiger partial charge in [0.25, 0.3) is 11.8 Å². The molecule has 0 bridgehead atoms. The highest BCUT2D eigenvalue weighted by atomic mass is 28.4. The monoisotopic (exact) mass is 696 g/mol. The minimum absolute atomic E-state index is 0.305. The van der Waals surface area contributed by atoms with Crippen LogP contribution in [0.25, 0.3) is 33.0 Å². The van der Waals surface area contributed by atoms with E-state index < -0.39 is 31.8 Å². The lowest BCUT2D eigenvalue weighted by molar-refractivity contribution is -0.157. The molecule has 0 radical (unpaired) electrons. The maximum absolute atomic E-state index is 13.5. The molecule has 2 aromatic carbocycles. The number of aryl methyl sites for hydroxylation is 1. The summed E-state index contributed by atoms with van der Waals surface area (Å²) in [7, 11) is -1.90. The van der Waals surface area contributed by atoms with Gasteiger partial charge < -0.3 is 18.7 Å². The molecule has 2 amide bonds. The number of carbonyl (C=O) groups is 3. The van der Waals surface area contributed by atoms with Gasteiger partial charge in [-0.2, -0.15) is 0 Å². The van der Waals surface area contributed by atoms with Crippen LogP contribution in [-0.2, 0) is 43.1 Å². The zero-order chi connectivity index (χ0) is 36.1. The summed E-state index contributed by atoms with van der Waals surface area (Å²) in [5.41, 5.74) is 7.23. The SMILES string of the molecule is CC(C)[Si](OCCCc1ccc2c(C3=C(c4ccc5c6c4ccn6CC(C(=O)OC(C)(C)C)NC5)C(=O)NC3=O)c[nH]c2c1)(C(C)C)C(C)C. The minimum atomic E-state index is -1.90. The molecule has 50 heavy (non-hydrogen) atoms. The van der Waals surface area contributed by atoms with Crippen LogP contribution in [0.2, 0.25) is 16.6 Å². The van der Waals surface area contributed by atoms with Crippen LogP contribution in [0.15, 0.2) is 48.8 Å². The van der Waals surface area contributed by atoms with Crippen LogP contribution >= 0.6 is 0 Å². The Morgan fingerprint density at radius 3 is 2.26 bits per heavy atom. The highest BCUT2D eigenvalue weighted by molar-refractivity contribution is 6.77. The van der Waals surface area contributed by atoms with E-state index in [0.717, 1.165) is 46.8 Å². The molecule has 1 atom stereocenters. The summed E-state index contributed by atoms with van der Waals surface area (Å²) in [5.74, 6) is -1.13. The first-order chi connectivity index (χ1) is 23.6. The number of H-pyrrole nitrogens is 1. The van der Waals surface area contributed by atoms with Crippen LogP contribution in [0.4, 0.5) is 0 Å². The second kappa shape index (κ2) is 13.6. The number of hydrogen-bond acceptors (Lipinski definition) is 6. The topological polar surface area (TPSA) is 114 Å². The third kappa shape index (κ3) is 6.49. The summed E-state index contributed by atoms with van der Waals surface area (Å²) in [4.78, 5) is 43.3. The fraction of sp³-hybridized carbons (Fsp3) is 0.475. The van der Waals surface area contributed by atoms with Crippen molar-refractivity contribution in [3.63, 3.8) is 0 Å². The first-order valence-corrected chi connectivity index (χ1v) is 20.2. The molecule has 1 unspecified atom stereocenters. The highest BCUT2D eigenvalue weighted by Crippen LogP contribution is 2.43. The summed E-state index contributed by atoms with van der Waals surface area (Å²) >= 11 is 0. The molecule has 0 saturated carbocycles. The molecular formula is C40H52N4O5Si. The maximum Gasteiger partial charge on any atom is 0.325 e. The highest BCUT2D eigenvalue weighted by Gasteiger charge is 2.45. The number of carbonyl (C=O) groups excluding carboxylic acids is 3. The van der Waals surface area contributed by atoms with Crippen molar-refractivity contribution in [3.05, 3.63) is 71.0 Å². The summed E-state index contributed by atoms with van der Waals surface area (Å²) in [6.45, 7) is 21.1. The molecule has 2 aliphatic heterocycles. The third-order valence-corrected chi connectivity index (χ3v) is 16.6. The minimum Gasteiger partial charge on any atom is -0.459 e. The van der Waals surface area contributed by atoms with Crippen molar-refractivity contribution in [2.24, 2.45) is 0 Å². The van der Waals surface area contributed by atoms with Crippen LogP contribution in [0.5, 0.6) is 0 Å². The van der Waals surface area contributed by atoms with Gasteiger partial charge in [0.05, 0.1) is 16.7 Å². The van der Waals surface area contributed by atoms with Gasteiger partial charge in [-0.1, -0.05) is 65.8 Å². The van der Waals surface area contributed by atoms with Gasteiger partial charge in [0, 0.05) is 53.9 Å². The van der Waals surface area contributed by atoms with E-state index in [4.69, 9.17) is 9.16 Å². The fourth-order valence-electron chi connectivity index (χ4n) is 8.47. The van der Waals surface area contributed by atoms with Crippen LogP contribution in [-0.4, -0.2) is 53.9 Å². The first-order valence-electron chi connectivity index (χ1n) is 18.0. The second-order valence-electron chi connectivity index (χ2n) is 15.9. The van der Waals surface area contributed by atoms with E-state index in [0.29, 0.717) is 52.0 Å². The second-order valence-corrected chi connectivity index (χ2v) is 21.3. The molecule has 0 fully saturated rings. The molecule has 10 heteroatoms.